The van der Waals surface area contributed by atoms with E-state index in [9.17, 15) is 4.79 Å². The minimum Gasteiger partial charge on any atom is -0.388 e. The molecule has 2 aliphatic rings. The summed E-state index contributed by atoms with van der Waals surface area (Å²) in [6.07, 6.45) is 3.57. The average Bonchev–Trinajstić information content (AvgIpc) is 3.07. The van der Waals surface area contributed by atoms with Crippen molar-refractivity contribution in [1.82, 2.24) is 15.5 Å². The molecule has 2 fully saturated rings. The standard InChI is InChI=1S/C15H24N4O3/c16-10-13(15(20)18-12-14-2-1-7-22-14)11-17-3-4-19-5-8-21-9-6-19/h11,14,17H,1-9,12H2,(H,18,20)/b13-11-. The van der Waals surface area contributed by atoms with Gasteiger partial charge in [-0.15, -0.1) is 0 Å². The van der Waals surface area contributed by atoms with Crippen molar-refractivity contribution in [3.63, 3.8) is 0 Å². The molecule has 2 rings (SSSR count). The molecule has 1 atom stereocenters. The molecule has 0 saturated carbocycles. The highest BCUT2D eigenvalue weighted by Crippen LogP contribution is 2.10. The van der Waals surface area contributed by atoms with Crippen molar-refractivity contribution >= 4 is 5.91 Å². The van der Waals surface area contributed by atoms with Crippen LogP contribution in [0.5, 0.6) is 0 Å². The van der Waals surface area contributed by atoms with Gasteiger partial charge in [0, 0.05) is 45.5 Å². The summed E-state index contributed by atoms with van der Waals surface area (Å²) in [6.45, 7) is 6.18. The third-order valence-corrected chi connectivity index (χ3v) is 3.80. The van der Waals surface area contributed by atoms with Gasteiger partial charge in [0.1, 0.15) is 11.6 Å². The zero-order valence-corrected chi connectivity index (χ0v) is 12.8. The smallest absolute Gasteiger partial charge is 0.263 e. The summed E-state index contributed by atoms with van der Waals surface area (Å²) in [7, 11) is 0. The summed E-state index contributed by atoms with van der Waals surface area (Å²) in [5.41, 5.74) is 0.0972. The lowest BCUT2D eigenvalue weighted by atomic mass is 10.2. The summed E-state index contributed by atoms with van der Waals surface area (Å²) in [5, 5.41) is 14.8. The number of hydrogen-bond acceptors (Lipinski definition) is 6. The summed E-state index contributed by atoms with van der Waals surface area (Å²) >= 11 is 0. The minimum absolute atomic E-state index is 0.0816. The summed E-state index contributed by atoms with van der Waals surface area (Å²) in [4.78, 5) is 14.2. The monoisotopic (exact) mass is 308 g/mol. The molecule has 0 spiro atoms. The number of ether oxygens (including phenoxy) is 2. The highest BCUT2D eigenvalue weighted by Gasteiger charge is 2.17. The SMILES string of the molecule is N#C/C(=C/NCCN1CCOCC1)C(=O)NCC1CCCO1. The maximum absolute atomic E-state index is 11.9. The van der Waals surface area contributed by atoms with Crippen LogP contribution in [0.1, 0.15) is 12.8 Å². The van der Waals surface area contributed by atoms with E-state index in [-0.39, 0.29) is 17.6 Å². The first-order valence-corrected chi connectivity index (χ1v) is 7.83. The van der Waals surface area contributed by atoms with Crippen molar-refractivity contribution in [2.75, 3.05) is 52.5 Å². The lowest BCUT2D eigenvalue weighted by molar-refractivity contribution is -0.117. The Morgan fingerprint density at radius 3 is 2.86 bits per heavy atom. The zero-order valence-electron chi connectivity index (χ0n) is 12.8. The molecule has 2 saturated heterocycles. The normalized spacial score (nSPS) is 23.0. The molecule has 2 aliphatic heterocycles. The number of carbonyl (C=O) groups excluding carboxylic acids is 1. The van der Waals surface area contributed by atoms with Crippen LogP contribution in [0, 0.1) is 11.3 Å². The molecule has 0 aromatic heterocycles. The van der Waals surface area contributed by atoms with E-state index in [1.54, 1.807) is 0 Å². The van der Waals surface area contributed by atoms with Crippen molar-refractivity contribution in [3.8, 4) is 6.07 Å². The molecule has 0 aliphatic carbocycles. The quantitative estimate of drug-likeness (QED) is 0.378. The van der Waals surface area contributed by atoms with Crippen LogP contribution < -0.4 is 10.6 Å². The minimum atomic E-state index is -0.350. The van der Waals surface area contributed by atoms with Crippen LogP contribution in [0.25, 0.3) is 0 Å². The predicted octanol–water partition coefficient (Wildman–Crippen LogP) is -0.389. The summed E-state index contributed by atoms with van der Waals surface area (Å²) in [5.74, 6) is -0.350. The van der Waals surface area contributed by atoms with E-state index in [1.807, 2.05) is 6.07 Å². The Morgan fingerprint density at radius 2 is 2.18 bits per heavy atom. The van der Waals surface area contributed by atoms with Gasteiger partial charge in [-0.1, -0.05) is 0 Å². The second-order valence-corrected chi connectivity index (χ2v) is 5.42. The largest absolute Gasteiger partial charge is 0.388 e. The molecular formula is C15H24N4O3. The first kappa shape index (κ1) is 16.7. The second-order valence-electron chi connectivity index (χ2n) is 5.42. The van der Waals surface area contributed by atoms with Crippen molar-refractivity contribution in [1.29, 1.82) is 5.26 Å². The molecule has 0 bridgehead atoms. The molecule has 0 aromatic rings. The summed E-state index contributed by atoms with van der Waals surface area (Å²) < 4.78 is 10.7. The molecule has 1 amide bonds. The third-order valence-electron chi connectivity index (χ3n) is 3.80. The molecule has 0 aromatic carbocycles. The Labute approximate surface area is 131 Å². The molecule has 1 unspecified atom stereocenters. The molecular weight excluding hydrogens is 284 g/mol. The fraction of sp³-hybridized carbons (Fsp3) is 0.733. The van der Waals surface area contributed by atoms with E-state index in [1.165, 1.54) is 6.20 Å². The Hall–Kier alpha value is -1.62. The molecule has 0 radical (unpaired) electrons. The van der Waals surface area contributed by atoms with Crippen molar-refractivity contribution in [3.05, 3.63) is 11.8 Å². The summed E-state index contributed by atoms with van der Waals surface area (Å²) in [6, 6.07) is 1.93. The van der Waals surface area contributed by atoms with Gasteiger partial charge in [-0.3, -0.25) is 9.69 Å². The van der Waals surface area contributed by atoms with Crippen LogP contribution in [-0.2, 0) is 14.3 Å². The number of morpholine rings is 1. The molecule has 7 nitrogen and oxygen atoms in total. The number of carbonyl (C=O) groups is 1. The van der Waals surface area contributed by atoms with Crippen molar-refractivity contribution in [2.24, 2.45) is 0 Å². The second kappa shape index (κ2) is 9.41. The van der Waals surface area contributed by atoms with Gasteiger partial charge in [0.05, 0.1) is 19.3 Å². The van der Waals surface area contributed by atoms with E-state index in [0.717, 1.165) is 52.3 Å². The number of rotatable bonds is 7. The first-order valence-electron chi connectivity index (χ1n) is 7.83. The zero-order chi connectivity index (χ0) is 15.6. The highest BCUT2D eigenvalue weighted by molar-refractivity contribution is 5.97. The fourth-order valence-electron chi connectivity index (χ4n) is 2.48. The highest BCUT2D eigenvalue weighted by atomic mass is 16.5. The van der Waals surface area contributed by atoms with Gasteiger partial charge in [-0.05, 0) is 12.8 Å². The Bertz CT molecular complexity index is 421. The molecule has 2 heterocycles. The maximum Gasteiger partial charge on any atom is 0.263 e. The van der Waals surface area contributed by atoms with Gasteiger partial charge in [-0.2, -0.15) is 5.26 Å². The number of nitrogens with one attached hydrogen (secondary N) is 2. The molecule has 2 N–H and O–H groups in total. The fourth-order valence-corrected chi connectivity index (χ4v) is 2.48. The first-order chi connectivity index (χ1) is 10.8. The van der Waals surface area contributed by atoms with E-state index in [0.29, 0.717) is 13.1 Å². The van der Waals surface area contributed by atoms with Crippen LogP contribution in [0.2, 0.25) is 0 Å². The third kappa shape index (κ3) is 5.64. The predicted molar refractivity (Wildman–Crippen MR) is 80.9 cm³/mol. The van der Waals surface area contributed by atoms with Gasteiger partial charge >= 0.3 is 0 Å². The van der Waals surface area contributed by atoms with Gasteiger partial charge in [0.25, 0.3) is 5.91 Å². The van der Waals surface area contributed by atoms with Crippen LogP contribution in [0.15, 0.2) is 11.8 Å². The average molecular weight is 308 g/mol. The van der Waals surface area contributed by atoms with Crippen molar-refractivity contribution in [2.45, 2.75) is 18.9 Å². The Balaban J connectivity index is 1.65. The van der Waals surface area contributed by atoms with E-state index >= 15 is 0 Å². The van der Waals surface area contributed by atoms with E-state index in [2.05, 4.69) is 15.5 Å². The van der Waals surface area contributed by atoms with Crippen LogP contribution in [0.4, 0.5) is 0 Å². The lowest BCUT2D eigenvalue weighted by Crippen LogP contribution is -2.39. The van der Waals surface area contributed by atoms with E-state index in [4.69, 9.17) is 14.7 Å². The van der Waals surface area contributed by atoms with Gasteiger partial charge < -0.3 is 20.1 Å². The molecule has 22 heavy (non-hydrogen) atoms. The Kier molecular flexibility index (Phi) is 7.16. The lowest BCUT2D eigenvalue weighted by Gasteiger charge is -2.26. The number of amides is 1. The molecule has 7 heteroatoms. The molecule has 122 valence electrons. The topological polar surface area (TPSA) is 86.6 Å². The number of nitriles is 1. The number of hydrogen-bond donors (Lipinski definition) is 2. The van der Waals surface area contributed by atoms with Crippen molar-refractivity contribution < 1.29 is 14.3 Å². The van der Waals surface area contributed by atoms with E-state index < -0.39 is 0 Å². The van der Waals surface area contributed by atoms with Crippen LogP contribution >= 0.6 is 0 Å². The maximum atomic E-state index is 11.9. The van der Waals surface area contributed by atoms with Gasteiger partial charge in [0.2, 0.25) is 0 Å². The van der Waals surface area contributed by atoms with Gasteiger partial charge in [0.15, 0.2) is 0 Å². The number of nitrogens with zero attached hydrogens (tertiary/aromatic N) is 2. The van der Waals surface area contributed by atoms with Crippen LogP contribution in [-0.4, -0.2) is 69.5 Å². The van der Waals surface area contributed by atoms with Gasteiger partial charge in [-0.25, -0.2) is 0 Å². The Morgan fingerprint density at radius 1 is 1.36 bits per heavy atom. The van der Waals surface area contributed by atoms with Crippen LogP contribution in [0.3, 0.4) is 0 Å².